The summed E-state index contributed by atoms with van der Waals surface area (Å²) in [6, 6.07) is 55.0. The number of allylic oxidation sites excluding steroid dienone is 4. The largest absolute Gasteiger partial charge is 0.309 e. The van der Waals surface area contributed by atoms with Crippen molar-refractivity contribution in [3.05, 3.63) is 193 Å². The highest BCUT2D eigenvalue weighted by Crippen LogP contribution is 2.50. The van der Waals surface area contributed by atoms with E-state index in [4.69, 9.17) is 15.0 Å². The average Bonchev–Trinajstić information content (AvgIpc) is 3.71. The van der Waals surface area contributed by atoms with Crippen molar-refractivity contribution in [3.8, 4) is 50.7 Å². The number of nitrogens with zero attached hydrogens (tertiary/aromatic N) is 4. The third kappa shape index (κ3) is 5.10. The Balaban J connectivity index is 1.13. The predicted octanol–water partition coefficient (Wildman–Crippen LogP) is 13.0. The van der Waals surface area contributed by atoms with E-state index in [0.717, 1.165) is 45.5 Å². The molecule has 0 N–H and O–H groups in total. The molecule has 2 aromatic heterocycles. The van der Waals surface area contributed by atoms with E-state index in [0.29, 0.717) is 11.6 Å². The highest BCUT2D eigenvalue weighted by atomic mass is 15.0. The van der Waals surface area contributed by atoms with Crippen LogP contribution in [0.3, 0.4) is 0 Å². The van der Waals surface area contributed by atoms with Gasteiger partial charge in [-0.25, -0.2) is 15.0 Å². The smallest absolute Gasteiger partial charge is 0.163 e. The van der Waals surface area contributed by atoms with Crippen molar-refractivity contribution in [1.29, 1.82) is 0 Å². The minimum absolute atomic E-state index is 0.0724. The van der Waals surface area contributed by atoms with E-state index in [1.807, 2.05) is 18.2 Å². The molecule has 4 nitrogen and oxygen atoms in total. The molecule has 0 radical (unpaired) electrons. The Labute approximate surface area is 326 Å². The van der Waals surface area contributed by atoms with E-state index in [2.05, 4.69) is 176 Å². The van der Waals surface area contributed by atoms with Crippen molar-refractivity contribution in [3.63, 3.8) is 0 Å². The number of aromatic nitrogens is 4. The van der Waals surface area contributed by atoms with Gasteiger partial charge in [-0.05, 0) is 87.7 Å². The van der Waals surface area contributed by atoms with Gasteiger partial charge in [0, 0.05) is 38.6 Å². The highest BCUT2D eigenvalue weighted by Gasteiger charge is 2.35. The van der Waals surface area contributed by atoms with Crippen LogP contribution in [0.1, 0.15) is 43.1 Å². The summed E-state index contributed by atoms with van der Waals surface area (Å²) in [5, 5.41) is 4.78. The maximum Gasteiger partial charge on any atom is 0.163 e. The summed E-state index contributed by atoms with van der Waals surface area (Å²) >= 11 is 0. The normalized spacial score (nSPS) is 15.4. The molecular formula is C52H38N4. The van der Waals surface area contributed by atoms with Gasteiger partial charge in [-0.15, -0.1) is 0 Å². The summed E-state index contributed by atoms with van der Waals surface area (Å²) in [4.78, 5) is 15.3. The standard InChI is InChI=1S/C52H38N4/c1-52(2)44-22-12-11-21-40(44)41-27-24-37(32-45(41)52)36-25-28-47-42(30-36)43-31-38(26-29-48(43)56(47)46-23-13-19-33-14-9-10-20-39(33)46)51-54-49(34-15-5-3-6-16-34)53-50(55-51)35-17-7-4-8-18-35/h3-17,19-32,35H,18H2,1-2H3. The van der Waals surface area contributed by atoms with Gasteiger partial charge >= 0.3 is 0 Å². The second-order valence-electron chi connectivity index (χ2n) is 15.6. The first-order valence-corrected chi connectivity index (χ1v) is 19.5. The molecule has 9 aromatic rings. The Morgan fingerprint density at radius 2 is 1.18 bits per heavy atom. The maximum atomic E-state index is 5.16. The van der Waals surface area contributed by atoms with Gasteiger partial charge in [0.15, 0.2) is 11.6 Å². The van der Waals surface area contributed by atoms with Crippen LogP contribution in [0.15, 0.2) is 176 Å². The molecule has 4 heteroatoms. The first kappa shape index (κ1) is 32.5. The third-order valence-electron chi connectivity index (χ3n) is 11.9. The highest BCUT2D eigenvalue weighted by molar-refractivity contribution is 6.12. The topological polar surface area (TPSA) is 43.6 Å². The zero-order valence-corrected chi connectivity index (χ0v) is 31.3. The molecule has 2 aliphatic carbocycles. The molecule has 0 fully saturated rings. The molecule has 0 saturated carbocycles. The lowest BCUT2D eigenvalue weighted by Gasteiger charge is -2.22. The van der Waals surface area contributed by atoms with E-state index in [1.54, 1.807) is 0 Å². The van der Waals surface area contributed by atoms with Crippen LogP contribution < -0.4 is 0 Å². The van der Waals surface area contributed by atoms with Gasteiger partial charge in [0.05, 0.1) is 16.7 Å². The van der Waals surface area contributed by atoms with Crippen molar-refractivity contribution in [2.75, 3.05) is 0 Å². The summed E-state index contributed by atoms with van der Waals surface area (Å²) in [6.45, 7) is 4.70. The molecule has 2 heterocycles. The van der Waals surface area contributed by atoms with E-state index in [-0.39, 0.29) is 11.3 Å². The second-order valence-corrected chi connectivity index (χ2v) is 15.6. The zero-order chi connectivity index (χ0) is 37.4. The van der Waals surface area contributed by atoms with Gasteiger partial charge in [-0.3, -0.25) is 0 Å². The number of hydrogen-bond donors (Lipinski definition) is 0. The Hall–Kier alpha value is -6.91. The van der Waals surface area contributed by atoms with E-state index in [1.165, 1.54) is 49.5 Å². The molecule has 266 valence electrons. The maximum absolute atomic E-state index is 5.16. The van der Waals surface area contributed by atoms with Crippen molar-refractivity contribution in [1.82, 2.24) is 19.5 Å². The van der Waals surface area contributed by atoms with Crippen molar-refractivity contribution in [2.45, 2.75) is 31.6 Å². The predicted molar refractivity (Wildman–Crippen MR) is 231 cm³/mol. The van der Waals surface area contributed by atoms with Crippen molar-refractivity contribution in [2.24, 2.45) is 0 Å². The molecule has 0 saturated heterocycles. The van der Waals surface area contributed by atoms with Gasteiger partial charge in [-0.2, -0.15) is 0 Å². The molecule has 11 rings (SSSR count). The number of hydrogen-bond acceptors (Lipinski definition) is 3. The number of benzene rings is 7. The fraction of sp³-hybridized carbons (Fsp3) is 0.0962. The first-order chi connectivity index (χ1) is 27.5. The van der Waals surface area contributed by atoms with Crippen LogP contribution in [0, 0.1) is 0 Å². The summed E-state index contributed by atoms with van der Waals surface area (Å²) in [5.74, 6) is 2.25. The van der Waals surface area contributed by atoms with Crippen LogP contribution >= 0.6 is 0 Å². The number of fused-ring (bicyclic) bond motifs is 7. The summed E-state index contributed by atoms with van der Waals surface area (Å²) in [5.41, 5.74) is 13.2. The molecule has 1 unspecified atom stereocenters. The molecule has 0 aliphatic heterocycles. The Morgan fingerprint density at radius 3 is 2.00 bits per heavy atom. The van der Waals surface area contributed by atoms with Gasteiger partial charge in [0.1, 0.15) is 5.82 Å². The summed E-state index contributed by atoms with van der Waals surface area (Å²) in [7, 11) is 0. The minimum atomic E-state index is -0.0724. The molecule has 2 aliphatic rings. The van der Waals surface area contributed by atoms with Gasteiger partial charge < -0.3 is 4.57 Å². The Kier molecular flexibility index (Phi) is 7.30. The Morgan fingerprint density at radius 1 is 0.518 bits per heavy atom. The molecular weight excluding hydrogens is 681 g/mol. The lowest BCUT2D eigenvalue weighted by Crippen LogP contribution is -2.14. The molecule has 0 spiro atoms. The van der Waals surface area contributed by atoms with Crippen LogP contribution in [-0.2, 0) is 5.41 Å². The van der Waals surface area contributed by atoms with Crippen molar-refractivity contribution >= 4 is 32.6 Å². The van der Waals surface area contributed by atoms with Gasteiger partial charge in [0.25, 0.3) is 0 Å². The first-order valence-electron chi connectivity index (χ1n) is 19.5. The molecule has 0 amide bonds. The lowest BCUT2D eigenvalue weighted by molar-refractivity contribution is 0.660. The third-order valence-corrected chi connectivity index (χ3v) is 11.9. The van der Waals surface area contributed by atoms with Crippen molar-refractivity contribution < 1.29 is 0 Å². The van der Waals surface area contributed by atoms with E-state index in [9.17, 15) is 0 Å². The van der Waals surface area contributed by atoms with E-state index >= 15 is 0 Å². The summed E-state index contributed by atoms with van der Waals surface area (Å²) in [6.07, 6.45) is 9.41. The van der Waals surface area contributed by atoms with Crippen LogP contribution in [0.25, 0.3) is 83.3 Å². The van der Waals surface area contributed by atoms with Crippen LogP contribution in [0.4, 0.5) is 0 Å². The second kappa shape index (κ2) is 12.6. The van der Waals surface area contributed by atoms with Crippen LogP contribution in [0.5, 0.6) is 0 Å². The minimum Gasteiger partial charge on any atom is -0.309 e. The zero-order valence-electron chi connectivity index (χ0n) is 31.3. The summed E-state index contributed by atoms with van der Waals surface area (Å²) < 4.78 is 2.43. The fourth-order valence-corrected chi connectivity index (χ4v) is 9.06. The van der Waals surface area contributed by atoms with Gasteiger partial charge in [0.2, 0.25) is 0 Å². The van der Waals surface area contributed by atoms with Crippen LogP contribution in [-0.4, -0.2) is 19.5 Å². The van der Waals surface area contributed by atoms with E-state index < -0.39 is 0 Å². The average molecular weight is 719 g/mol. The molecule has 7 aromatic carbocycles. The quantitative estimate of drug-likeness (QED) is 0.178. The fourth-order valence-electron chi connectivity index (χ4n) is 9.06. The Bertz CT molecular complexity index is 3090. The lowest BCUT2D eigenvalue weighted by atomic mass is 9.81. The number of rotatable bonds is 5. The molecule has 1 atom stereocenters. The SMILES string of the molecule is CC1(C)c2ccccc2-c2ccc(-c3ccc4c(c3)c3cc(-c5nc(-c6ccccc6)nc(C6C=CC=CC6)n5)ccc3n4-c3cccc4ccccc34)cc21. The molecule has 0 bridgehead atoms. The van der Waals surface area contributed by atoms with Gasteiger partial charge in [-0.1, -0.05) is 147 Å². The molecule has 56 heavy (non-hydrogen) atoms. The van der Waals surface area contributed by atoms with Crippen LogP contribution in [0.2, 0.25) is 0 Å². The monoisotopic (exact) mass is 718 g/mol.